The van der Waals surface area contributed by atoms with Crippen molar-refractivity contribution in [2.45, 2.75) is 22.7 Å². The van der Waals surface area contributed by atoms with Crippen LogP contribution in [0, 0.1) is 23.7 Å². The van der Waals surface area contributed by atoms with E-state index in [1.165, 1.54) is 0 Å². The minimum atomic E-state index is -0.849. The van der Waals surface area contributed by atoms with Crippen LogP contribution in [-0.4, -0.2) is 28.4 Å². The standard InChI is InChI=1S/C15H14O4S/c16-14(17)10-9-6-8-11(10)15(18)19-12(8)13(9)20-7-4-2-1-3-5-7/h1-5,8-13H,6H2,(H,16,17)/t8-,9+,10-,11-,12+,13-/m0/s1. The molecule has 2 bridgehead atoms. The molecule has 2 saturated carbocycles. The zero-order valence-electron chi connectivity index (χ0n) is 10.6. The zero-order valence-corrected chi connectivity index (χ0v) is 11.5. The summed E-state index contributed by atoms with van der Waals surface area (Å²) in [6.07, 6.45) is 0.709. The fraction of sp³-hybridized carbons (Fsp3) is 0.467. The van der Waals surface area contributed by atoms with Gasteiger partial charge in [-0.3, -0.25) is 9.59 Å². The molecule has 1 heterocycles. The second-order valence-electron chi connectivity index (χ2n) is 5.75. The first-order chi connectivity index (χ1) is 9.66. The molecule has 1 aliphatic heterocycles. The predicted molar refractivity (Wildman–Crippen MR) is 72.2 cm³/mol. The lowest BCUT2D eigenvalue weighted by Gasteiger charge is -2.29. The number of rotatable bonds is 3. The Morgan fingerprint density at radius 2 is 2.00 bits per heavy atom. The fourth-order valence-corrected chi connectivity index (χ4v) is 5.62. The number of hydrogen-bond donors (Lipinski definition) is 1. The van der Waals surface area contributed by atoms with Crippen molar-refractivity contribution in [2.24, 2.45) is 23.7 Å². The van der Waals surface area contributed by atoms with Gasteiger partial charge in [0, 0.05) is 10.8 Å². The van der Waals surface area contributed by atoms with Gasteiger partial charge in [-0.1, -0.05) is 18.2 Å². The number of benzene rings is 1. The van der Waals surface area contributed by atoms with E-state index in [1.54, 1.807) is 11.8 Å². The van der Waals surface area contributed by atoms with E-state index in [2.05, 4.69) is 0 Å². The molecule has 1 N–H and O–H groups in total. The highest BCUT2D eigenvalue weighted by Gasteiger charge is 2.68. The molecule has 0 radical (unpaired) electrons. The summed E-state index contributed by atoms with van der Waals surface area (Å²) in [5.41, 5.74) is 0. The van der Waals surface area contributed by atoms with Gasteiger partial charge in [-0.25, -0.2) is 0 Å². The summed E-state index contributed by atoms with van der Waals surface area (Å²) in [5, 5.41) is 9.52. The SMILES string of the molecule is O=C1O[C@@H]2[C@H]3C[C@@H]([C@@H]2Sc2ccccc2)[C@H](C(=O)O)[C@@H]13. The van der Waals surface area contributed by atoms with Crippen molar-refractivity contribution in [2.75, 3.05) is 0 Å². The molecule has 4 nitrogen and oxygen atoms in total. The van der Waals surface area contributed by atoms with Gasteiger partial charge in [0.05, 0.1) is 17.1 Å². The van der Waals surface area contributed by atoms with Crippen molar-refractivity contribution in [3.8, 4) is 0 Å². The molecule has 0 spiro atoms. The third-order valence-electron chi connectivity index (χ3n) is 4.85. The Morgan fingerprint density at radius 3 is 2.70 bits per heavy atom. The summed E-state index contributed by atoms with van der Waals surface area (Å²) < 4.78 is 5.48. The van der Waals surface area contributed by atoms with Gasteiger partial charge in [0.25, 0.3) is 0 Å². The van der Waals surface area contributed by atoms with E-state index < -0.39 is 17.8 Å². The molecule has 1 aromatic rings. The number of carboxylic acids is 1. The number of thioether (sulfide) groups is 1. The maximum atomic E-state index is 11.9. The van der Waals surface area contributed by atoms with Crippen molar-refractivity contribution in [1.82, 2.24) is 0 Å². The Kier molecular flexibility index (Phi) is 2.61. The van der Waals surface area contributed by atoms with Crippen LogP contribution >= 0.6 is 11.8 Å². The third-order valence-corrected chi connectivity index (χ3v) is 6.28. The molecule has 3 aliphatic rings. The van der Waals surface area contributed by atoms with Crippen LogP contribution in [0.5, 0.6) is 0 Å². The first-order valence-corrected chi connectivity index (χ1v) is 7.70. The average Bonchev–Trinajstić information content (AvgIpc) is 3.03. The van der Waals surface area contributed by atoms with E-state index >= 15 is 0 Å². The minimum Gasteiger partial charge on any atom is -0.481 e. The molecule has 6 atom stereocenters. The summed E-state index contributed by atoms with van der Waals surface area (Å²) in [6, 6.07) is 9.92. The lowest BCUT2D eigenvalue weighted by atomic mass is 9.80. The lowest BCUT2D eigenvalue weighted by molar-refractivity contribution is -0.151. The van der Waals surface area contributed by atoms with Gasteiger partial charge in [-0.05, 0) is 24.5 Å². The fourth-order valence-electron chi connectivity index (χ4n) is 4.14. The van der Waals surface area contributed by atoms with Crippen molar-refractivity contribution >= 4 is 23.7 Å². The van der Waals surface area contributed by atoms with E-state index in [4.69, 9.17) is 4.74 Å². The van der Waals surface area contributed by atoms with Crippen LogP contribution in [0.15, 0.2) is 35.2 Å². The molecule has 1 aromatic carbocycles. The van der Waals surface area contributed by atoms with E-state index in [0.29, 0.717) is 0 Å². The molecular weight excluding hydrogens is 276 g/mol. The highest BCUT2D eigenvalue weighted by Crippen LogP contribution is 2.61. The molecule has 0 amide bonds. The zero-order chi connectivity index (χ0) is 13.9. The van der Waals surface area contributed by atoms with Crippen molar-refractivity contribution in [1.29, 1.82) is 0 Å². The highest BCUT2D eigenvalue weighted by atomic mass is 32.2. The van der Waals surface area contributed by atoms with Gasteiger partial charge in [0.1, 0.15) is 6.10 Å². The van der Waals surface area contributed by atoms with E-state index in [1.807, 2.05) is 30.3 Å². The lowest BCUT2D eigenvalue weighted by Crippen LogP contribution is -2.39. The average molecular weight is 290 g/mol. The quantitative estimate of drug-likeness (QED) is 0.863. The Morgan fingerprint density at radius 1 is 1.25 bits per heavy atom. The molecule has 0 unspecified atom stereocenters. The first kappa shape index (κ1) is 12.3. The summed E-state index contributed by atoms with van der Waals surface area (Å²) in [5.74, 6) is -1.97. The number of carboxylic acid groups (broad SMARTS) is 1. The van der Waals surface area contributed by atoms with E-state index in [9.17, 15) is 14.7 Å². The number of hydrogen-bond acceptors (Lipinski definition) is 4. The van der Waals surface area contributed by atoms with Gasteiger partial charge in [-0.2, -0.15) is 0 Å². The van der Waals surface area contributed by atoms with Gasteiger partial charge < -0.3 is 9.84 Å². The van der Waals surface area contributed by atoms with Crippen LogP contribution in [0.3, 0.4) is 0 Å². The maximum absolute atomic E-state index is 11.9. The summed E-state index contributed by atoms with van der Waals surface area (Å²) in [6.45, 7) is 0. The Hall–Kier alpha value is -1.49. The van der Waals surface area contributed by atoms with Crippen molar-refractivity contribution in [3.05, 3.63) is 30.3 Å². The molecule has 3 fully saturated rings. The molecule has 1 saturated heterocycles. The minimum absolute atomic E-state index is 0.0455. The highest BCUT2D eigenvalue weighted by molar-refractivity contribution is 8.00. The summed E-state index contributed by atoms with van der Waals surface area (Å²) >= 11 is 1.66. The van der Waals surface area contributed by atoms with Crippen LogP contribution in [0.2, 0.25) is 0 Å². The monoisotopic (exact) mass is 290 g/mol. The number of carbonyl (C=O) groups is 2. The van der Waals surface area contributed by atoms with Crippen molar-refractivity contribution < 1.29 is 19.4 Å². The Bertz CT molecular complexity index is 572. The smallest absolute Gasteiger partial charge is 0.310 e. The van der Waals surface area contributed by atoms with Gasteiger partial charge in [0.2, 0.25) is 0 Å². The van der Waals surface area contributed by atoms with Gasteiger partial charge >= 0.3 is 11.9 Å². The van der Waals surface area contributed by atoms with E-state index in [-0.39, 0.29) is 29.2 Å². The molecule has 20 heavy (non-hydrogen) atoms. The Balaban J connectivity index is 1.66. The van der Waals surface area contributed by atoms with Crippen LogP contribution in [0.1, 0.15) is 6.42 Å². The van der Waals surface area contributed by atoms with Crippen molar-refractivity contribution in [3.63, 3.8) is 0 Å². The molecule has 0 aromatic heterocycles. The molecule has 5 heteroatoms. The first-order valence-electron chi connectivity index (χ1n) is 6.82. The molecular formula is C15H14O4S. The molecule has 2 aliphatic carbocycles. The van der Waals surface area contributed by atoms with Crippen LogP contribution in [-0.2, 0) is 14.3 Å². The number of ether oxygens (including phenoxy) is 1. The third kappa shape index (κ3) is 1.56. The normalized spacial score (nSPS) is 40.9. The van der Waals surface area contributed by atoms with Crippen LogP contribution in [0.25, 0.3) is 0 Å². The summed E-state index contributed by atoms with van der Waals surface area (Å²) in [4.78, 5) is 24.5. The second-order valence-corrected chi connectivity index (χ2v) is 7.00. The van der Waals surface area contributed by atoms with E-state index in [0.717, 1.165) is 11.3 Å². The second kappa shape index (κ2) is 4.25. The molecule has 104 valence electrons. The van der Waals surface area contributed by atoms with Gasteiger partial charge in [0.15, 0.2) is 0 Å². The maximum Gasteiger partial charge on any atom is 0.310 e. The summed E-state index contributed by atoms with van der Waals surface area (Å²) in [7, 11) is 0. The number of aliphatic carboxylic acids is 1. The topological polar surface area (TPSA) is 63.6 Å². The molecule has 4 rings (SSSR count). The van der Waals surface area contributed by atoms with Crippen LogP contribution in [0.4, 0.5) is 0 Å². The van der Waals surface area contributed by atoms with Crippen LogP contribution < -0.4 is 0 Å². The largest absolute Gasteiger partial charge is 0.481 e. The number of carbonyl (C=O) groups excluding carboxylic acids is 1. The number of fused-ring (bicyclic) bond motifs is 1. The Labute approximate surface area is 120 Å². The predicted octanol–water partition coefficient (Wildman–Crippen LogP) is 2.04. The van der Waals surface area contributed by atoms with Gasteiger partial charge in [-0.15, -0.1) is 11.8 Å². The number of esters is 1.